The number of ether oxygens (including phenoxy) is 2. The summed E-state index contributed by atoms with van der Waals surface area (Å²) in [5.41, 5.74) is 0. The lowest BCUT2D eigenvalue weighted by Crippen LogP contribution is -2.36. The Morgan fingerprint density at radius 1 is 1.50 bits per heavy atom. The van der Waals surface area contributed by atoms with Crippen LogP contribution in [-0.4, -0.2) is 45.8 Å². The summed E-state index contributed by atoms with van der Waals surface area (Å²) < 4.78 is 32.4. The van der Waals surface area contributed by atoms with Gasteiger partial charge < -0.3 is 14.8 Å². The van der Waals surface area contributed by atoms with Crippen LogP contribution in [0, 0.1) is 0 Å². The van der Waals surface area contributed by atoms with E-state index in [0.29, 0.717) is 6.42 Å². The number of carbonyl (C=O) groups is 1. The van der Waals surface area contributed by atoms with Crippen LogP contribution < -0.4 is 5.32 Å². The third-order valence-corrected chi connectivity index (χ3v) is 1.63. The van der Waals surface area contributed by atoms with E-state index in [1.54, 1.807) is 7.05 Å². The summed E-state index contributed by atoms with van der Waals surface area (Å²) in [4.78, 5) is 11.0. The highest BCUT2D eigenvalue weighted by atomic mass is 19.3. The van der Waals surface area contributed by atoms with Crippen molar-refractivity contribution in [1.82, 2.24) is 5.32 Å². The molecule has 0 aromatic heterocycles. The van der Waals surface area contributed by atoms with Crippen molar-refractivity contribution in [2.24, 2.45) is 0 Å². The van der Waals surface area contributed by atoms with E-state index in [0.717, 1.165) is 0 Å². The minimum absolute atomic E-state index is 0.102. The normalized spacial score (nSPS) is 12.9. The second-order valence-corrected chi connectivity index (χ2v) is 2.62. The zero-order valence-corrected chi connectivity index (χ0v) is 8.26. The Labute approximate surface area is 81.6 Å². The van der Waals surface area contributed by atoms with Gasteiger partial charge in [0.05, 0.1) is 7.11 Å². The fourth-order valence-corrected chi connectivity index (χ4v) is 0.896. The highest BCUT2D eigenvalue weighted by molar-refractivity contribution is 5.75. The van der Waals surface area contributed by atoms with Gasteiger partial charge in [0, 0.05) is 6.61 Å². The molecule has 84 valence electrons. The molecule has 0 heterocycles. The van der Waals surface area contributed by atoms with Crippen molar-refractivity contribution in [3.8, 4) is 0 Å². The molecule has 0 aliphatic carbocycles. The number of halogens is 2. The minimum Gasteiger partial charge on any atom is -0.468 e. The lowest BCUT2D eigenvalue weighted by molar-refractivity contribution is -0.143. The van der Waals surface area contributed by atoms with Gasteiger partial charge in [0.25, 0.3) is 6.43 Å². The van der Waals surface area contributed by atoms with Crippen molar-refractivity contribution in [3.05, 3.63) is 0 Å². The monoisotopic (exact) mass is 211 g/mol. The summed E-state index contributed by atoms with van der Waals surface area (Å²) in [6.07, 6.45) is -2.16. The smallest absolute Gasteiger partial charge is 0.322 e. The van der Waals surface area contributed by atoms with E-state index >= 15 is 0 Å². The van der Waals surface area contributed by atoms with E-state index in [-0.39, 0.29) is 6.61 Å². The molecule has 4 nitrogen and oxygen atoms in total. The molecule has 0 spiro atoms. The van der Waals surface area contributed by atoms with Crippen LogP contribution in [0.25, 0.3) is 0 Å². The number of alkyl halides is 2. The Hall–Kier alpha value is -0.750. The van der Waals surface area contributed by atoms with E-state index in [4.69, 9.17) is 0 Å². The predicted molar refractivity (Wildman–Crippen MR) is 46.3 cm³/mol. The van der Waals surface area contributed by atoms with Crippen LogP contribution in [0.5, 0.6) is 0 Å². The molecule has 1 atom stereocenters. The molecule has 0 aliphatic heterocycles. The number of carbonyl (C=O) groups excluding carboxylic acids is 1. The molecular formula is C8H15F2NO3. The van der Waals surface area contributed by atoms with Crippen LogP contribution in [0.1, 0.15) is 6.42 Å². The zero-order chi connectivity index (χ0) is 11.0. The number of nitrogens with one attached hydrogen (secondary N) is 1. The largest absolute Gasteiger partial charge is 0.468 e. The average molecular weight is 211 g/mol. The molecular weight excluding hydrogens is 196 g/mol. The zero-order valence-electron chi connectivity index (χ0n) is 8.26. The molecule has 0 aliphatic rings. The lowest BCUT2D eigenvalue weighted by Gasteiger charge is -2.13. The molecule has 1 unspecified atom stereocenters. The number of hydrogen-bond donors (Lipinski definition) is 1. The van der Waals surface area contributed by atoms with Gasteiger partial charge in [-0.15, -0.1) is 0 Å². The molecule has 0 amide bonds. The third kappa shape index (κ3) is 5.82. The molecule has 0 aromatic rings. The standard InChI is InChI=1S/C8H15F2NO3/c1-11-6(8(12)13-2)3-4-14-5-7(9)10/h6-7,11H,3-5H2,1-2H3. The summed E-state index contributed by atoms with van der Waals surface area (Å²) in [5, 5.41) is 2.70. The predicted octanol–water partition coefficient (Wildman–Crippen LogP) is 0.419. The molecule has 0 radical (unpaired) electrons. The first kappa shape index (κ1) is 13.2. The number of rotatable bonds is 7. The fraction of sp³-hybridized carbons (Fsp3) is 0.875. The number of methoxy groups -OCH3 is 1. The Balaban J connectivity index is 3.58. The molecule has 1 N–H and O–H groups in total. The van der Waals surface area contributed by atoms with Gasteiger partial charge in [0.2, 0.25) is 0 Å². The van der Waals surface area contributed by atoms with E-state index in [2.05, 4.69) is 14.8 Å². The molecule has 0 aromatic carbocycles. The maximum Gasteiger partial charge on any atom is 0.322 e. The maximum atomic E-state index is 11.6. The second-order valence-electron chi connectivity index (χ2n) is 2.62. The van der Waals surface area contributed by atoms with Crippen LogP contribution in [0.2, 0.25) is 0 Å². The third-order valence-electron chi connectivity index (χ3n) is 1.63. The van der Waals surface area contributed by atoms with Crippen molar-refractivity contribution in [2.75, 3.05) is 27.4 Å². The SMILES string of the molecule is CNC(CCOCC(F)F)C(=O)OC. The van der Waals surface area contributed by atoms with Gasteiger partial charge in [0.1, 0.15) is 12.6 Å². The van der Waals surface area contributed by atoms with Crippen molar-refractivity contribution in [1.29, 1.82) is 0 Å². The first-order valence-electron chi connectivity index (χ1n) is 4.22. The topological polar surface area (TPSA) is 47.6 Å². The van der Waals surface area contributed by atoms with E-state index in [1.807, 2.05) is 0 Å². The Morgan fingerprint density at radius 2 is 2.14 bits per heavy atom. The van der Waals surface area contributed by atoms with Gasteiger partial charge in [-0.25, -0.2) is 8.78 Å². The van der Waals surface area contributed by atoms with Crippen molar-refractivity contribution in [2.45, 2.75) is 18.9 Å². The van der Waals surface area contributed by atoms with Crippen LogP contribution in [0.3, 0.4) is 0 Å². The van der Waals surface area contributed by atoms with Gasteiger partial charge >= 0.3 is 5.97 Å². The average Bonchev–Trinajstić information content (AvgIpc) is 2.16. The number of likely N-dealkylation sites (N-methyl/N-ethyl adjacent to an activating group) is 1. The van der Waals surface area contributed by atoms with Gasteiger partial charge in [-0.1, -0.05) is 0 Å². The second kappa shape index (κ2) is 7.64. The summed E-state index contributed by atoms with van der Waals surface area (Å²) in [6, 6.07) is -0.502. The number of esters is 1. The summed E-state index contributed by atoms with van der Waals surface area (Å²) >= 11 is 0. The Bertz CT molecular complexity index is 167. The van der Waals surface area contributed by atoms with Crippen LogP contribution in [0.4, 0.5) is 8.78 Å². The van der Waals surface area contributed by atoms with Crippen LogP contribution >= 0.6 is 0 Å². The summed E-state index contributed by atoms with van der Waals surface area (Å²) in [6.45, 7) is -0.497. The first-order chi connectivity index (χ1) is 6.61. The van der Waals surface area contributed by atoms with Gasteiger partial charge in [-0.05, 0) is 13.5 Å². The van der Waals surface area contributed by atoms with Crippen molar-refractivity contribution in [3.63, 3.8) is 0 Å². The molecule has 14 heavy (non-hydrogen) atoms. The molecule has 0 bridgehead atoms. The summed E-state index contributed by atoms with van der Waals surface area (Å²) in [5.74, 6) is -0.423. The maximum absolute atomic E-state index is 11.6. The number of hydrogen-bond acceptors (Lipinski definition) is 4. The highest BCUT2D eigenvalue weighted by Gasteiger charge is 2.16. The van der Waals surface area contributed by atoms with Gasteiger partial charge in [-0.2, -0.15) is 0 Å². The molecule has 0 saturated carbocycles. The Morgan fingerprint density at radius 3 is 2.57 bits per heavy atom. The molecule has 0 rings (SSSR count). The summed E-state index contributed by atoms with van der Waals surface area (Å²) in [7, 11) is 2.86. The van der Waals surface area contributed by atoms with Gasteiger partial charge in [-0.3, -0.25) is 4.79 Å². The Kier molecular flexibility index (Phi) is 7.23. The lowest BCUT2D eigenvalue weighted by atomic mass is 10.2. The fourth-order valence-electron chi connectivity index (χ4n) is 0.896. The molecule has 0 saturated heterocycles. The minimum atomic E-state index is -2.47. The quantitative estimate of drug-likeness (QED) is 0.489. The molecule has 6 heteroatoms. The van der Waals surface area contributed by atoms with Crippen molar-refractivity contribution < 1.29 is 23.0 Å². The van der Waals surface area contributed by atoms with E-state index in [1.165, 1.54) is 7.11 Å². The van der Waals surface area contributed by atoms with Gasteiger partial charge in [0.15, 0.2) is 0 Å². The molecule has 0 fully saturated rings. The first-order valence-corrected chi connectivity index (χ1v) is 4.22. The highest BCUT2D eigenvalue weighted by Crippen LogP contribution is 1.97. The van der Waals surface area contributed by atoms with E-state index in [9.17, 15) is 13.6 Å². The van der Waals surface area contributed by atoms with E-state index < -0.39 is 25.0 Å². The van der Waals surface area contributed by atoms with Crippen LogP contribution in [-0.2, 0) is 14.3 Å². The van der Waals surface area contributed by atoms with Crippen molar-refractivity contribution >= 4 is 5.97 Å². The van der Waals surface area contributed by atoms with Crippen LogP contribution in [0.15, 0.2) is 0 Å².